The summed E-state index contributed by atoms with van der Waals surface area (Å²) in [7, 11) is 2.18. The van der Waals surface area contributed by atoms with Crippen LogP contribution in [0.5, 0.6) is 0 Å². The van der Waals surface area contributed by atoms with E-state index in [0.29, 0.717) is 13.1 Å². The number of hydrogen-bond donors (Lipinski definition) is 1. The summed E-state index contributed by atoms with van der Waals surface area (Å²) in [6, 6.07) is 0. The molecule has 1 amide bonds. The minimum Gasteiger partial charge on any atom is -0.465 e. The number of rotatable bonds is 2. The van der Waals surface area contributed by atoms with Crippen LogP contribution in [-0.4, -0.2) is 78.8 Å². The first kappa shape index (κ1) is 12.6. The van der Waals surface area contributed by atoms with Gasteiger partial charge in [-0.25, -0.2) is 4.79 Å². The summed E-state index contributed by atoms with van der Waals surface area (Å²) in [6.45, 7) is 6.71. The van der Waals surface area contributed by atoms with Gasteiger partial charge in [-0.05, 0) is 38.9 Å². The van der Waals surface area contributed by atoms with E-state index < -0.39 is 6.09 Å². The Hall–Kier alpha value is -0.810. The van der Waals surface area contributed by atoms with Crippen LogP contribution < -0.4 is 0 Å². The molecule has 2 saturated heterocycles. The van der Waals surface area contributed by atoms with Gasteiger partial charge in [-0.1, -0.05) is 0 Å². The molecule has 2 fully saturated rings. The fraction of sp³-hybridized carbons (Fsp3) is 0.917. The van der Waals surface area contributed by atoms with Crippen molar-refractivity contribution < 1.29 is 9.90 Å². The van der Waals surface area contributed by atoms with Gasteiger partial charge < -0.3 is 14.9 Å². The molecule has 0 saturated carbocycles. The van der Waals surface area contributed by atoms with E-state index in [-0.39, 0.29) is 0 Å². The molecule has 0 radical (unpaired) electrons. The number of piperazine rings is 1. The van der Waals surface area contributed by atoms with Gasteiger partial charge in [-0.3, -0.25) is 4.90 Å². The molecule has 2 aliphatic heterocycles. The van der Waals surface area contributed by atoms with Crippen molar-refractivity contribution in [3.8, 4) is 0 Å². The van der Waals surface area contributed by atoms with E-state index in [1.165, 1.54) is 30.8 Å². The van der Waals surface area contributed by atoms with Crippen LogP contribution in [0, 0.1) is 5.92 Å². The Labute approximate surface area is 103 Å². The van der Waals surface area contributed by atoms with Crippen LogP contribution in [0.15, 0.2) is 0 Å². The number of likely N-dealkylation sites (tertiary alicyclic amines) is 1. The number of carboxylic acid groups (broad SMARTS) is 1. The maximum absolute atomic E-state index is 10.8. The van der Waals surface area contributed by atoms with E-state index in [9.17, 15) is 4.79 Å². The van der Waals surface area contributed by atoms with E-state index >= 15 is 0 Å². The van der Waals surface area contributed by atoms with Crippen LogP contribution in [0.2, 0.25) is 0 Å². The molecule has 2 heterocycles. The van der Waals surface area contributed by atoms with E-state index in [4.69, 9.17) is 5.11 Å². The highest BCUT2D eigenvalue weighted by molar-refractivity contribution is 5.65. The van der Waals surface area contributed by atoms with Crippen LogP contribution in [0.3, 0.4) is 0 Å². The quantitative estimate of drug-likeness (QED) is 0.770. The summed E-state index contributed by atoms with van der Waals surface area (Å²) in [5, 5.41) is 8.88. The van der Waals surface area contributed by atoms with Crippen molar-refractivity contribution >= 4 is 6.09 Å². The van der Waals surface area contributed by atoms with Crippen molar-refractivity contribution in [1.29, 1.82) is 0 Å². The minimum atomic E-state index is -0.774. The maximum atomic E-state index is 10.8. The first-order valence-electron chi connectivity index (χ1n) is 6.54. The zero-order valence-corrected chi connectivity index (χ0v) is 10.6. The molecule has 5 nitrogen and oxygen atoms in total. The summed E-state index contributed by atoms with van der Waals surface area (Å²) >= 11 is 0. The van der Waals surface area contributed by atoms with Gasteiger partial charge in [0.05, 0.1) is 0 Å². The molecule has 0 spiro atoms. The van der Waals surface area contributed by atoms with Gasteiger partial charge in [0.25, 0.3) is 0 Å². The van der Waals surface area contributed by atoms with Gasteiger partial charge in [0.2, 0.25) is 0 Å². The summed E-state index contributed by atoms with van der Waals surface area (Å²) in [4.78, 5) is 17.1. The number of carbonyl (C=O) groups is 1. The predicted molar refractivity (Wildman–Crippen MR) is 66.3 cm³/mol. The summed E-state index contributed by atoms with van der Waals surface area (Å²) in [6.07, 6.45) is 1.80. The maximum Gasteiger partial charge on any atom is 0.407 e. The normalized spacial score (nSPS) is 25.1. The highest BCUT2D eigenvalue weighted by Gasteiger charge is 2.24. The SMILES string of the molecule is CN1CCC(CN2CCN(C(=O)O)CC2)CC1. The Morgan fingerprint density at radius 2 is 1.71 bits per heavy atom. The average molecular weight is 241 g/mol. The minimum absolute atomic E-state index is 0.669. The van der Waals surface area contributed by atoms with E-state index in [0.717, 1.165) is 25.6 Å². The third-order valence-electron chi connectivity index (χ3n) is 4.00. The Morgan fingerprint density at radius 3 is 2.24 bits per heavy atom. The molecule has 98 valence electrons. The van der Waals surface area contributed by atoms with Gasteiger partial charge in [0.1, 0.15) is 0 Å². The van der Waals surface area contributed by atoms with Crippen molar-refractivity contribution in [2.75, 3.05) is 52.9 Å². The third kappa shape index (κ3) is 3.57. The van der Waals surface area contributed by atoms with Gasteiger partial charge in [-0.2, -0.15) is 0 Å². The lowest BCUT2D eigenvalue weighted by Crippen LogP contribution is -2.50. The molecule has 2 aliphatic rings. The first-order chi connectivity index (χ1) is 8.15. The molecule has 0 aliphatic carbocycles. The van der Waals surface area contributed by atoms with Crippen LogP contribution in [0.25, 0.3) is 0 Å². The van der Waals surface area contributed by atoms with Crippen molar-refractivity contribution in [2.24, 2.45) is 5.92 Å². The average Bonchev–Trinajstić information content (AvgIpc) is 2.33. The van der Waals surface area contributed by atoms with Crippen molar-refractivity contribution in [3.63, 3.8) is 0 Å². The predicted octanol–water partition coefficient (Wildman–Crippen LogP) is 0.624. The van der Waals surface area contributed by atoms with E-state index in [1.54, 1.807) is 0 Å². The highest BCUT2D eigenvalue weighted by Crippen LogP contribution is 2.18. The molecule has 1 N–H and O–H groups in total. The monoisotopic (exact) mass is 241 g/mol. The molecular weight excluding hydrogens is 218 g/mol. The molecule has 0 bridgehead atoms. The Balaban J connectivity index is 1.69. The smallest absolute Gasteiger partial charge is 0.407 e. The molecule has 17 heavy (non-hydrogen) atoms. The lowest BCUT2D eigenvalue weighted by atomic mass is 9.96. The molecule has 0 unspecified atom stereocenters. The number of amides is 1. The van der Waals surface area contributed by atoms with Gasteiger partial charge >= 0.3 is 6.09 Å². The van der Waals surface area contributed by atoms with Crippen LogP contribution in [0.4, 0.5) is 4.79 Å². The molecule has 0 aromatic rings. The Morgan fingerprint density at radius 1 is 1.12 bits per heavy atom. The Kier molecular flexibility index (Phi) is 4.23. The summed E-state index contributed by atoms with van der Waals surface area (Å²) in [5.41, 5.74) is 0. The Bertz CT molecular complexity index is 256. The zero-order chi connectivity index (χ0) is 12.3. The van der Waals surface area contributed by atoms with E-state index in [2.05, 4.69) is 16.8 Å². The van der Waals surface area contributed by atoms with Crippen molar-refractivity contribution in [2.45, 2.75) is 12.8 Å². The standard InChI is InChI=1S/C12H23N3O2/c1-13-4-2-11(3-5-13)10-14-6-8-15(9-7-14)12(16)17/h11H,2-10H2,1H3,(H,16,17). The fourth-order valence-electron chi connectivity index (χ4n) is 2.73. The molecule has 0 aromatic heterocycles. The number of nitrogens with zero attached hydrogens (tertiary/aromatic N) is 3. The van der Waals surface area contributed by atoms with E-state index in [1.807, 2.05) is 0 Å². The fourth-order valence-corrected chi connectivity index (χ4v) is 2.73. The lowest BCUT2D eigenvalue weighted by molar-refractivity contribution is 0.0890. The third-order valence-corrected chi connectivity index (χ3v) is 4.00. The van der Waals surface area contributed by atoms with Crippen LogP contribution >= 0.6 is 0 Å². The number of piperidine rings is 1. The van der Waals surface area contributed by atoms with Gasteiger partial charge in [0, 0.05) is 32.7 Å². The molecule has 0 aromatic carbocycles. The second-order valence-corrected chi connectivity index (χ2v) is 5.32. The first-order valence-corrected chi connectivity index (χ1v) is 6.54. The van der Waals surface area contributed by atoms with Gasteiger partial charge in [0.15, 0.2) is 0 Å². The van der Waals surface area contributed by atoms with Crippen LogP contribution in [-0.2, 0) is 0 Å². The lowest BCUT2D eigenvalue weighted by Gasteiger charge is -2.37. The summed E-state index contributed by atoms with van der Waals surface area (Å²) < 4.78 is 0. The number of hydrogen-bond acceptors (Lipinski definition) is 3. The topological polar surface area (TPSA) is 47.0 Å². The second kappa shape index (κ2) is 5.69. The van der Waals surface area contributed by atoms with Gasteiger partial charge in [-0.15, -0.1) is 0 Å². The molecule has 2 rings (SSSR count). The molecule has 5 heteroatoms. The van der Waals surface area contributed by atoms with Crippen molar-refractivity contribution in [3.05, 3.63) is 0 Å². The second-order valence-electron chi connectivity index (χ2n) is 5.32. The van der Waals surface area contributed by atoms with Crippen LogP contribution in [0.1, 0.15) is 12.8 Å². The summed E-state index contributed by atoms with van der Waals surface area (Å²) in [5.74, 6) is 0.808. The largest absolute Gasteiger partial charge is 0.465 e. The zero-order valence-electron chi connectivity index (χ0n) is 10.6. The van der Waals surface area contributed by atoms with Crippen molar-refractivity contribution in [1.82, 2.24) is 14.7 Å². The molecular formula is C12H23N3O2. The molecule has 0 atom stereocenters. The highest BCUT2D eigenvalue weighted by atomic mass is 16.4.